The predicted octanol–water partition coefficient (Wildman–Crippen LogP) is 1.43. The lowest BCUT2D eigenvalue weighted by Gasteiger charge is -2.43. The average Bonchev–Trinajstić information content (AvgIpc) is 2.28. The van der Waals surface area contributed by atoms with Crippen LogP contribution in [0.1, 0.15) is 0 Å². The molecule has 0 bridgehead atoms. The summed E-state index contributed by atoms with van der Waals surface area (Å²) in [6.07, 6.45) is 0. The molecule has 3 rings (SSSR count). The Bertz CT molecular complexity index is 384. The average molecular weight is 252 g/mol. The lowest BCUT2D eigenvalue weighted by molar-refractivity contribution is 0.138. The van der Waals surface area contributed by atoms with Crippen LogP contribution in [0, 0.1) is 0 Å². The summed E-state index contributed by atoms with van der Waals surface area (Å²) in [5, 5.41) is 4.16. The molecular weight excluding hydrogens is 234 g/mol. The molecule has 0 unspecified atom stereocenters. The summed E-state index contributed by atoms with van der Waals surface area (Å²) in [4.78, 5) is 5.02. The molecule has 0 aliphatic carbocycles. The molecule has 0 saturated carbocycles. The molecule has 1 N–H and O–H groups in total. The Labute approximate surface area is 107 Å². The maximum Gasteiger partial charge on any atom is 0.0426 e. The van der Waals surface area contributed by atoms with Crippen molar-refractivity contribution in [2.45, 2.75) is 6.04 Å². The van der Waals surface area contributed by atoms with Crippen molar-refractivity contribution in [3.8, 4) is 0 Å². The van der Waals surface area contributed by atoms with Gasteiger partial charge in [0.1, 0.15) is 0 Å². The lowest BCUT2D eigenvalue weighted by atomic mass is 10.1. The van der Waals surface area contributed by atoms with E-state index in [1.807, 2.05) is 12.1 Å². The van der Waals surface area contributed by atoms with Crippen LogP contribution >= 0.6 is 11.6 Å². The molecule has 0 aromatic heterocycles. The fourth-order valence-electron chi connectivity index (χ4n) is 2.55. The first-order chi connectivity index (χ1) is 8.33. The van der Waals surface area contributed by atoms with E-state index < -0.39 is 0 Å². The third kappa shape index (κ3) is 2.41. The van der Waals surface area contributed by atoms with Gasteiger partial charge in [-0.15, -0.1) is 0 Å². The first-order valence-electron chi connectivity index (χ1n) is 6.28. The van der Waals surface area contributed by atoms with Crippen molar-refractivity contribution in [2.75, 3.05) is 44.2 Å². The topological polar surface area (TPSA) is 18.5 Å². The van der Waals surface area contributed by atoms with Crippen LogP contribution in [0.2, 0.25) is 5.02 Å². The van der Waals surface area contributed by atoms with Gasteiger partial charge in [-0.3, -0.25) is 4.90 Å². The van der Waals surface area contributed by atoms with Gasteiger partial charge >= 0.3 is 0 Å². The summed E-state index contributed by atoms with van der Waals surface area (Å²) >= 11 is 6.03. The Kier molecular flexibility index (Phi) is 3.23. The Hall–Kier alpha value is -0.770. The Morgan fingerprint density at radius 2 is 1.88 bits per heavy atom. The minimum Gasteiger partial charge on any atom is -0.369 e. The zero-order valence-corrected chi connectivity index (χ0v) is 10.7. The van der Waals surface area contributed by atoms with Gasteiger partial charge in [0.25, 0.3) is 0 Å². The van der Waals surface area contributed by atoms with E-state index in [4.69, 9.17) is 11.6 Å². The molecular formula is C13H18ClN3. The maximum absolute atomic E-state index is 6.03. The van der Waals surface area contributed by atoms with E-state index in [9.17, 15) is 0 Å². The molecule has 1 aromatic rings. The first kappa shape index (κ1) is 11.3. The van der Waals surface area contributed by atoms with Crippen LogP contribution in [0.3, 0.4) is 0 Å². The molecule has 2 aliphatic rings. The van der Waals surface area contributed by atoms with Gasteiger partial charge in [-0.2, -0.15) is 0 Å². The number of hydrogen-bond donors (Lipinski definition) is 1. The third-order valence-electron chi connectivity index (χ3n) is 3.76. The van der Waals surface area contributed by atoms with E-state index in [1.54, 1.807) is 0 Å². The molecule has 92 valence electrons. The zero-order valence-electron chi connectivity index (χ0n) is 9.90. The van der Waals surface area contributed by atoms with E-state index in [1.165, 1.54) is 18.8 Å². The van der Waals surface area contributed by atoms with Crippen molar-refractivity contribution in [3.05, 3.63) is 29.3 Å². The second kappa shape index (κ2) is 4.84. The number of hydrogen-bond acceptors (Lipinski definition) is 3. The number of benzene rings is 1. The molecule has 3 nitrogen and oxygen atoms in total. The van der Waals surface area contributed by atoms with E-state index in [2.05, 4.69) is 27.2 Å². The summed E-state index contributed by atoms with van der Waals surface area (Å²) in [5.74, 6) is 0. The van der Waals surface area contributed by atoms with Gasteiger partial charge < -0.3 is 10.2 Å². The van der Waals surface area contributed by atoms with Gasteiger partial charge in [0.05, 0.1) is 0 Å². The third-order valence-corrected chi connectivity index (χ3v) is 4.00. The highest BCUT2D eigenvalue weighted by molar-refractivity contribution is 6.30. The van der Waals surface area contributed by atoms with Gasteiger partial charge in [-0.25, -0.2) is 0 Å². The van der Waals surface area contributed by atoms with Gasteiger partial charge in [0.2, 0.25) is 0 Å². The smallest absolute Gasteiger partial charge is 0.0426 e. The molecule has 0 atom stereocenters. The van der Waals surface area contributed by atoms with Crippen molar-refractivity contribution in [1.82, 2.24) is 10.2 Å². The molecule has 2 heterocycles. The summed E-state index contributed by atoms with van der Waals surface area (Å²) < 4.78 is 0. The predicted molar refractivity (Wildman–Crippen MR) is 71.9 cm³/mol. The largest absolute Gasteiger partial charge is 0.369 e. The Balaban J connectivity index is 1.60. The molecule has 0 spiro atoms. The summed E-state index contributed by atoms with van der Waals surface area (Å²) in [7, 11) is 0. The first-order valence-corrected chi connectivity index (χ1v) is 6.66. The molecule has 4 heteroatoms. The molecule has 1 aromatic carbocycles. The quantitative estimate of drug-likeness (QED) is 0.858. The fraction of sp³-hybridized carbons (Fsp3) is 0.538. The van der Waals surface area contributed by atoms with E-state index in [0.29, 0.717) is 0 Å². The summed E-state index contributed by atoms with van der Waals surface area (Å²) in [6.45, 7) is 6.87. The minimum absolute atomic E-state index is 0.775. The van der Waals surface area contributed by atoms with Crippen LogP contribution < -0.4 is 10.2 Å². The van der Waals surface area contributed by atoms with Crippen molar-refractivity contribution < 1.29 is 0 Å². The second-order valence-electron chi connectivity index (χ2n) is 4.81. The highest BCUT2D eigenvalue weighted by atomic mass is 35.5. The monoisotopic (exact) mass is 251 g/mol. The van der Waals surface area contributed by atoms with E-state index >= 15 is 0 Å². The fourth-order valence-corrected chi connectivity index (χ4v) is 2.73. The number of anilines is 1. The molecule has 0 amide bonds. The Morgan fingerprint density at radius 3 is 2.47 bits per heavy atom. The van der Waals surface area contributed by atoms with Crippen molar-refractivity contribution in [2.24, 2.45) is 0 Å². The SMILES string of the molecule is Clc1cccc(N2CCN(C3CNC3)CC2)c1. The lowest BCUT2D eigenvalue weighted by Crippen LogP contribution is -2.61. The second-order valence-corrected chi connectivity index (χ2v) is 5.25. The number of rotatable bonds is 2. The highest BCUT2D eigenvalue weighted by Crippen LogP contribution is 2.21. The normalized spacial score (nSPS) is 22.5. The minimum atomic E-state index is 0.775. The van der Waals surface area contributed by atoms with E-state index in [-0.39, 0.29) is 0 Å². The number of halogens is 1. The molecule has 17 heavy (non-hydrogen) atoms. The van der Waals surface area contributed by atoms with E-state index in [0.717, 1.165) is 37.2 Å². The number of nitrogens with zero attached hydrogens (tertiary/aromatic N) is 2. The van der Waals surface area contributed by atoms with Crippen LogP contribution in [0.25, 0.3) is 0 Å². The maximum atomic E-state index is 6.03. The highest BCUT2D eigenvalue weighted by Gasteiger charge is 2.27. The van der Waals surface area contributed by atoms with Crippen LogP contribution in [0.5, 0.6) is 0 Å². The van der Waals surface area contributed by atoms with Crippen molar-refractivity contribution in [1.29, 1.82) is 0 Å². The number of nitrogens with one attached hydrogen (secondary N) is 1. The van der Waals surface area contributed by atoms with Crippen molar-refractivity contribution >= 4 is 17.3 Å². The summed E-state index contributed by atoms with van der Waals surface area (Å²) in [5.41, 5.74) is 1.25. The summed E-state index contributed by atoms with van der Waals surface area (Å²) in [6, 6.07) is 8.94. The molecule has 0 radical (unpaired) electrons. The standard InChI is InChI=1S/C13H18ClN3/c14-11-2-1-3-12(8-11)16-4-6-17(7-5-16)13-9-15-10-13/h1-3,8,13,15H,4-7,9-10H2. The van der Waals surface area contributed by atoms with Gasteiger partial charge in [-0.1, -0.05) is 17.7 Å². The van der Waals surface area contributed by atoms with Gasteiger partial charge in [-0.05, 0) is 18.2 Å². The molecule has 2 aliphatic heterocycles. The van der Waals surface area contributed by atoms with Crippen LogP contribution in [0.4, 0.5) is 5.69 Å². The van der Waals surface area contributed by atoms with Gasteiger partial charge in [0.15, 0.2) is 0 Å². The van der Waals surface area contributed by atoms with Crippen LogP contribution in [0.15, 0.2) is 24.3 Å². The van der Waals surface area contributed by atoms with Crippen molar-refractivity contribution in [3.63, 3.8) is 0 Å². The zero-order chi connectivity index (χ0) is 11.7. The number of piperazine rings is 1. The van der Waals surface area contributed by atoms with Crippen LogP contribution in [-0.4, -0.2) is 50.2 Å². The molecule has 2 saturated heterocycles. The van der Waals surface area contributed by atoms with Crippen LogP contribution in [-0.2, 0) is 0 Å². The Morgan fingerprint density at radius 1 is 1.12 bits per heavy atom. The molecule has 2 fully saturated rings. The van der Waals surface area contributed by atoms with Gasteiger partial charge in [0, 0.05) is 56.0 Å².